The van der Waals surface area contributed by atoms with Crippen molar-refractivity contribution in [1.82, 2.24) is 4.90 Å². The summed E-state index contributed by atoms with van der Waals surface area (Å²) in [5, 5.41) is 0. The van der Waals surface area contributed by atoms with E-state index in [9.17, 15) is 8.78 Å². The van der Waals surface area contributed by atoms with E-state index in [1.54, 1.807) is 4.90 Å². The highest BCUT2D eigenvalue weighted by molar-refractivity contribution is 7.80. The molecule has 1 fully saturated rings. The molecule has 0 aliphatic carbocycles. The Labute approximate surface area is 117 Å². The average molecular weight is 285 g/mol. The molecule has 1 heterocycles. The number of anilines is 1. The molecule has 0 radical (unpaired) electrons. The Hall–Kier alpha value is -1.27. The number of benzene rings is 1. The molecule has 1 aromatic carbocycles. The van der Waals surface area contributed by atoms with Crippen LogP contribution in [0.1, 0.15) is 12.5 Å². The molecule has 0 spiro atoms. The summed E-state index contributed by atoms with van der Waals surface area (Å²) in [6.07, 6.45) is 0. The molecule has 0 amide bonds. The standard InChI is InChI=1S/C13H17F2N3S/c1-2-17-3-5-18(6-4-17)12-10(14)7-9(13(16)19)8-11(12)15/h7-8H,2-6H2,1H3,(H2,16,19). The molecule has 0 atom stereocenters. The molecule has 2 rings (SSSR count). The first-order valence-electron chi connectivity index (χ1n) is 6.29. The van der Waals surface area contributed by atoms with Crippen molar-refractivity contribution in [2.75, 3.05) is 37.6 Å². The number of thiocarbonyl (C=S) groups is 1. The van der Waals surface area contributed by atoms with E-state index in [0.29, 0.717) is 13.1 Å². The van der Waals surface area contributed by atoms with Crippen LogP contribution in [0.25, 0.3) is 0 Å². The maximum absolute atomic E-state index is 14.0. The highest BCUT2D eigenvalue weighted by atomic mass is 32.1. The van der Waals surface area contributed by atoms with Crippen LogP contribution in [0.4, 0.5) is 14.5 Å². The van der Waals surface area contributed by atoms with E-state index in [1.165, 1.54) is 12.1 Å². The lowest BCUT2D eigenvalue weighted by Crippen LogP contribution is -2.46. The first-order valence-corrected chi connectivity index (χ1v) is 6.70. The number of hydrogen-bond donors (Lipinski definition) is 1. The molecule has 19 heavy (non-hydrogen) atoms. The minimum atomic E-state index is -0.604. The molecular formula is C13H17F2N3S. The van der Waals surface area contributed by atoms with E-state index in [2.05, 4.69) is 11.8 Å². The molecule has 0 bridgehead atoms. The zero-order chi connectivity index (χ0) is 14.0. The highest BCUT2D eigenvalue weighted by Crippen LogP contribution is 2.26. The maximum atomic E-state index is 14.0. The van der Waals surface area contributed by atoms with E-state index in [4.69, 9.17) is 18.0 Å². The summed E-state index contributed by atoms with van der Waals surface area (Å²) in [5.41, 5.74) is 5.64. The van der Waals surface area contributed by atoms with Crippen molar-refractivity contribution >= 4 is 22.9 Å². The number of rotatable bonds is 3. The lowest BCUT2D eigenvalue weighted by molar-refractivity contribution is 0.269. The smallest absolute Gasteiger partial charge is 0.150 e. The Morgan fingerprint density at radius 3 is 2.16 bits per heavy atom. The van der Waals surface area contributed by atoms with Crippen molar-refractivity contribution in [3.8, 4) is 0 Å². The molecule has 6 heteroatoms. The van der Waals surface area contributed by atoms with Crippen LogP contribution in [-0.2, 0) is 0 Å². The van der Waals surface area contributed by atoms with Gasteiger partial charge in [-0.3, -0.25) is 0 Å². The lowest BCUT2D eigenvalue weighted by atomic mass is 10.1. The van der Waals surface area contributed by atoms with Gasteiger partial charge in [-0.05, 0) is 18.7 Å². The van der Waals surface area contributed by atoms with E-state index in [1.807, 2.05) is 0 Å². The molecule has 1 aromatic rings. The molecule has 3 nitrogen and oxygen atoms in total. The van der Waals surface area contributed by atoms with Crippen LogP contribution in [0, 0.1) is 11.6 Å². The van der Waals surface area contributed by atoms with Gasteiger partial charge in [0.05, 0.1) is 0 Å². The van der Waals surface area contributed by atoms with Crippen LogP contribution in [0.5, 0.6) is 0 Å². The summed E-state index contributed by atoms with van der Waals surface area (Å²) in [6, 6.07) is 2.40. The van der Waals surface area contributed by atoms with Crippen molar-refractivity contribution < 1.29 is 8.78 Å². The third-order valence-electron chi connectivity index (χ3n) is 3.44. The Bertz CT molecular complexity index is 462. The van der Waals surface area contributed by atoms with Crippen molar-refractivity contribution in [2.45, 2.75) is 6.92 Å². The Morgan fingerprint density at radius 2 is 1.74 bits per heavy atom. The van der Waals surface area contributed by atoms with Crippen LogP contribution in [0.2, 0.25) is 0 Å². The third kappa shape index (κ3) is 3.01. The van der Waals surface area contributed by atoms with Gasteiger partial charge >= 0.3 is 0 Å². The van der Waals surface area contributed by atoms with Gasteiger partial charge in [0.2, 0.25) is 0 Å². The fourth-order valence-corrected chi connectivity index (χ4v) is 2.42. The van der Waals surface area contributed by atoms with Gasteiger partial charge in [-0.1, -0.05) is 19.1 Å². The second-order valence-corrected chi connectivity index (χ2v) is 5.01. The van der Waals surface area contributed by atoms with Crippen LogP contribution in [-0.4, -0.2) is 42.6 Å². The topological polar surface area (TPSA) is 32.5 Å². The van der Waals surface area contributed by atoms with Gasteiger partial charge in [-0.25, -0.2) is 8.78 Å². The molecule has 104 valence electrons. The predicted octanol–water partition coefficient (Wildman–Crippen LogP) is 1.74. The molecule has 0 aromatic heterocycles. The van der Waals surface area contributed by atoms with Crippen molar-refractivity contribution in [2.24, 2.45) is 5.73 Å². The highest BCUT2D eigenvalue weighted by Gasteiger charge is 2.22. The van der Waals surface area contributed by atoms with Gasteiger partial charge in [0.15, 0.2) is 0 Å². The summed E-state index contributed by atoms with van der Waals surface area (Å²) >= 11 is 4.74. The first-order chi connectivity index (χ1) is 9.02. The van der Waals surface area contributed by atoms with E-state index < -0.39 is 11.6 Å². The molecule has 1 aliphatic heterocycles. The number of piperazine rings is 1. The van der Waals surface area contributed by atoms with E-state index >= 15 is 0 Å². The van der Waals surface area contributed by atoms with Gasteiger partial charge in [-0.15, -0.1) is 0 Å². The summed E-state index contributed by atoms with van der Waals surface area (Å²) in [5.74, 6) is -1.21. The number of halogens is 2. The second kappa shape index (κ2) is 5.79. The molecule has 0 unspecified atom stereocenters. The largest absolute Gasteiger partial charge is 0.389 e. The van der Waals surface area contributed by atoms with Crippen LogP contribution < -0.4 is 10.6 Å². The SMILES string of the molecule is CCN1CCN(c2c(F)cc(C(N)=S)cc2F)CC1. The molecule has 0 saturated carbocycles. The summed E-state index contributed by atoms with van der Waals surface area (Å²) < 4.78 is 28.0. The Balaban J connectivity index is 2.24. The molecular weight excluding hydrogens is 268 g/mol. The van der Waals surface area contributed by atoms with Gasteiger partial charge in [0.1, 0.15) is 22.3 Å². The fourth-order valence-electron chi connectivity index (χ4n) is 2.30. The van der Waals surface area contributed by atoms with Crippen LogP contribution in [0.3, 0.4) is 0 Å². The average Bonchev–Trinajstić information content (AvgIpc) is 2.38. The number of hydrogen-bond acceptors (Lipinski definition) is 3. The monoisotopic (exact) mass is 285 g/mol. The van der Waals surface area contributed by atoms with Crippen molar-refractivity contribution in [3.05, 3.63) is 29.3 Å². The van der Waals surface area contributed by atoms with E-state index in [-0.39, 0.29) is 16.2 Å². The summed E-state index contributed by atoms with van der Waals surface area (Å²) in [4.78, 5) is 3.98. The maximum Gasteiger partial charge on any atom is 0.150 e. The fraction of sp³-hybridized carbons (Fsp3) is 0.462. The van der Waals surface area contributed by atoms with Crippen molar-refractivity contribution in [1.29, 1.82) is 0 Å². The number of likely N-dealkylation sites (N-methyl/N-ethyl adjacent to an activating group) is 1. The summed E-state index contributed by atoms with van der Waals surface area (Å²) in [6.45, 7) is 5.90. The zero-order valence-corrected chi connectivity index (χ0v) is 11.6. The Morgan fingerprint density at radius 1 is 1.21 bits per heavy atom. The molecule has 1 aliphatic rings. The predicted molar refractivity (Wildman–Crippen MR) is 76.6 cm³/mol. The normalized spacial score (nSPS) is 16.7. The molecule has 1 saturated heterocycles. The lowest BCUT2D eigenvalue weighted by Gasteiger charge is -2.35. The summed E-state index contributed by atoms with van der Waals surface area (Å²) in [7, 11) is 0. The van der Waals surface area contributed by atoms with Gasteiger partial charge in [-0.2, -0.15) is 0 Å². The minimum absolute atomic E-state index is 0.000141. The van der Waals surface area contributed by atoms with Crippen LogP contribution in [0.15, 0.2) is 12.1 Å². The number of nitrogens with two attached hydrogens (primary N) is 1. The van der Waals surface area contributed by atoms with Crippen molar-refractivity contribution in [3.63, 3.8) is 0 Å². The Kier molecular flexibility index (Phi) is 4.31. The first kappa shape index (κ1) is 14.1. The number of nitrogens with zero attached hydrogens (tertiary/aromatic N) is 2. The second-order valence-electron chi connectivity index (χ2n) is 4.57. The van der Waals surface area contributed by atoms with Gasteiger partial charge in [0, 0.05) is 31.7 Å². The minimum Gasteiger partial charge on any atom is -0.389 e. The van der Waals surface area contributed by atoms with E-state index in [0.717, 1.165) is 19.6 Å². The third-order valence-corrected chi connectivity index (χ3v) is 3.67. The van der Waals surface area contributed by atoms with Crippen LogP contribution >= 0.6 is 12.2 Å². The van der Waals surface area contributed by atoms with Gasteiger partial charge < -0.3 is 15.5 Å². The zero-order valence-electron chi connectivity index (χ0n) is 10.8. The molecule has 2 N–H and O–H groups in total. The van der Waals surface area contributed by atoms with Gasteiger partial charge in [0.25, 0.3) is 0 Å². The quantitative estimate of drug-likeness (QED) is 0.858.